The molecule has 1 fully saturated rings. The minimum atomic E-state index is -1.21. The van der Waals surface area contributed by atoms with E-state index in [4.69, 9.17) is 10.2 Å². The Morgan fingerprint density at radius 2 is 1.76 bits per heavy atom. The Bertz CT molecular complexity index is 296. The lowest BCUT2D eigenvalue weighted by molar-refractivity contribution is -0.149. The quantitative estimate of drug-likeness (QED) is 0.560. The molecule has 0 saturated carbocycles. The fraction of sp³-hybridized carbons (Fsp3) is 0.700. The molecule has 7 nitrogen and oxygen atoms in total. The predicted molar refractivity (Wildman–Crippen MR) is 57.5 cm³/mol. The number of hydrogen-bond acceptors (Lipinski definition) is 4. The highest BCUT2D eigenvalue weighted by atomic mass is 16.4. The second-order valence-corrected chi connectivity index (χ2v) is 4.03. The first-order valence-electron chi connectivity index (χ1n) is 5.44. The van der Waals surface area contributed by atoms with Gasteiger partial charge < -0.3 is 20.4 Å². The van der Waals surface area contributed by atoms with Crippen LogP contribution >= 0.6 is 0 Å². The Morgan fingerprint density at radius 1 is 1.18 bits per heavy atom. The molecule has 1 aliphatic rings. The second kappa shape index (κ2) is 6.19. The molecule has 0 aliphatic carbocycles. The smallest absolute Gasteiger partial charge is 0.323 e. The lowest BCUT2D eigenvalue weighted by Crippen LogP contribution is -2.41. The number of carboxylic acids is 2. The zero-order valence-corrected chi connectivity index (χ0v) is 9.39. The minimum Gasteiger partial charge on any atom is -0.480 e. The van der Waals surface area contributed by atoms with Gasteiger partial charge in [0.15, 0.2) is 0 Å². The molecule has 17 heavy (non-hydrogen) atoms. The summed E-state index contributed by atoms with van der Waals surface area (Å²) in [6.07, 6.45) is 2.00. The van der Waals surface area contributed by atoms with Crippen LogP contribution in [0.25, 0.3) is 0 Å². The van der Waals surface area contributed by atoms with Gasteiger partial charge in [-0.25, -0.2) is 0 Å². The molecule has 0 aromatic rings. The third-order valence-corrected chi connectivity index (χ3v) is 2.59. The molecule has 0 aromatic heterocycles. The zero-order chi connectivity index (χ0) is 12.8. The molecule has 0 radical (unpaired) electrons. The van der Waals surface area contributed by atoms with Crippen LogP contribution < -0.4 is 5.32 Å². The Kier molecular flexibility index (Phi) is 4.89. The number of hydrogen-bond donors (Lipinski definition) is 3. The van der Waals surface area contributed by atoms with Gasteiger partial charge in [0, 0.05) is 12.5 Å². The molecule has 1 saturated heterocycles. The normalized spacial score (nSPS) is 18.9. The van der Waals surface area contributed by atoms with Crippen LogP contribution in [0.3, 0.4) is 0 Å². The molecule has 0 spiro atoms. The van der Waals surface area contributed by atoms with Gasteiger partial charge in [-0.2, -0.15) is 0 Å². The van der Waals surface area contributed by atoms with Gasteiger partial charge in [0.25, 0.3) is 0 Å². The lowest BCUT2D eigenvalue weighted by Gasteiger charge is -2.20. The van der Waals surface area contributed by atoms with E-state index < -0.39 is 30.9 Å². The highest BCUT2D eigenvalue weighted by Crippen LogP contribution is 2.10. The van der Waals surface area contributed by atoms with Gasteiger partial charge in [0.05, 0.1) is 0 Å². The Balaban J connectivity index is 2.51. The van der Waals surface area contributed by atoms with Crippen molar-refractivity contribution in [1.82, 2.24) is 10.2 Å². The summed E-state index contributed by atoms with van der Waals surface area (Å²) in [6.45, 7) is -0.300. The van der Waals surface area contributed by atoms with E-state index in [2.05, 4.69) is 5.32 Å². The highest BCUT2D eigenvalue weighted by molar-refractivity contribution is 5.85. The first-order valence-corrected chi connectivity index (χ1v) is 5.44. The van der Waals surface area contributed by atoms with Crippen LogP contribution in [0.15, 0.2) is 0 Å². The summed E-state index contributed by atoms with van der Waals surface area (Å²) >= 11 is 0. The Hall–Kier alpha value is -1.63. The topological polar surface area (TPSA) is 107 Å². The molecular weight excluding hydrogens is 228 g/mol. The summed E-state index contributed by atoms with van der Waals surface area (Å²) in [7, 11) is 0. The summed E-state index contributed by atoms with van der Waals surface area (Å²) in [5, 5.41) is 20.3. The zero-order valence-electron chi connectivity index (χ0n) is 9.39. The summed E-state index contributed by atoms with van der Waals surface area (Å²) in [6, 6.07) is 0.0348. The maximum Gasteiger partial charge on any atom is 0.323 e. The standard InChI is InChI=1S/C10H16N2O5/c13-8(4-7-2-1-3-11-7)12(5-9(14)15)6-10(16)17/h7,11H,1-6H2,(H,14,15)(H,16,17). The molecule has 1 amide bonds. The molecule has 1 aliphatic heterocycles. The van der Waals surface area contributed by atoms with Crippen LogP contribution in [-0.4, -0.2) is 58.6 Å². The fourth-order valence-corrected chi connectivity index (χ4v) is 1.83. The minimum absolute atomic E-state index is 0.0348. The van der Waals surface area contributed by atoms with Gasteiger partial charge in [-0.1, -0.05) is 0 Å². The molecule has 1 atom stereocenters. The van der Waals surface area contributed by atoms with E-state index in [1.165, 1.54) is 0 Å². The monoisotopic (exact) mass is 244 g/mol. The molecule has 96 valence electrons. The van der Waals surface area contributed by atoms with Crippen molar-refractivity contribution >= 4 is 17.8 Å². The van der Waals surface area contributed by atoms with Gasteiger partial charge in [-0.3, -0.25) is 14.4 Å². The Morgan fingerprint density at radius 3 is 2.18 bits per heavy atom. The highest BCUT2D eigenvalue weighted by Gasteiger charge is 2.24. The molecule has 1 rings (SSSR count). The molecule has 0 bridgehead atoms. The van der Waals surface area contributed by atoms with Crippen LogP contribution in [0.5, 0.6) is 0 Å². The van der Waals surface area contributed by atoms with Gasteiger partial charge in [-0.05, 0) is 19.4 Å². The van der Waals surface area contributed by atoms with Crippen LogP contribution in [0, 0.1) is 0 Å². The molecule has 0 aromatic carbocycles. The number of amides is 1. The number of carbonyl (C=O) groups excluding carboxylic acids is 1. The SMILES string of the molecule is O=C(O)CN(CC(=O)O)C(=O)CC1CCCN1. The van der Waals surface area contributed by atoms with Crippen LogP contribution in [0.4, 0.5) is 0 Å². The van der Waals surface area contributed by atoms with Gasteiger partial charge in [0.2, 0.25) is 5.91 Å². The fourth-order valence-electron chi connectivity index (χ4n) is 1.83. The molecule has 7 heteroatoms. The largest absolute Gasteiger partial charge is 0.480 e. The van der Waals surface area contributed by atoms with Crippen LogP contribution in [0.1, 0.15) is 19.3 Å². The second-order valence-electron chi connectivity index (χ2n) is 4.03. The summed E-state index contributed by atoms with van der Waals surface area (Å²) in [5.41, 5.74) is 0. The van der Waals surface area contributed by atoms with Crippen molar-refractivity contribution in [2.24, 2.45) is 0 Å². The van der Waals surface area contributed by atoms with Crippen LogP contribution in [-0.2, 0) is 14.4 Å². The lowest BCUT2D eigenvalue weighted by atomic mass is 10.1. The van der Waals surface area contributed by atoms with Crippen LogP contribution in [0.2, 0.25) is 0 Å². The third-order valence-electron chi connectivity index (χ3n) is 2.59. The molecule has 1 unspecified atom stereocenters. The van der Waals surface area contributed by atoms with Gasteiger partial charge >= 0.3 is 11.9 Å². The van der Waals surface area contributed by atoms with E-state index in [1.807, 2.05) is 0 Å². The van der Waals surface area contributed by atoms with Crippen molar-refractivity contribution in [1.29, 1.82) is 0 Å². The third kappa shape index (κ3) is 4.81. The van der Waals surface area contributed by atoms with E-state index in [0.29, 0.717) is 0 Å². The number of nitrogens with one attached hydrogen (secondary N) is 1. The summed E-state index contributed by atoms with van der Waals surface area (Å²) < 4.78 is 0. The predicted octanol–water partition coefficient (Wildman–Crippen LogP) is -0.874. The average Bonchev–Trinajstić information content (AvgIpc) is 2.67. The summed E-state index contributed by atoms with van der Waals surface area (Å²) in [4.78, 5) is 33.6. The van der Waals surface area contributed by atoms with E-state index >= 15 is 0 Å². The van der Waals surface area contributed by atoms with Crippen molar-refractivity contribution < 1.29 is 24.6 Å². The van der Waals surface area contributed by atoms with E-state index in [1.54, 1.807) is 0 Å². The van der Waals surface area contributed by atoms with Gasteiger partial charge in [0.1, 0.15) is 13.1 Å². The average molecular weight is 244 g/mol. The number of rotatable bonds is 6. The van der Waals surface area contributed by atoms with Crippen molar-refractivity contribution in [3.63, 3.8) is 0 Å². The Labute approximate surface area is 98.4 Å². The number of carbonyl (C=O) groups is 3. The number of nitrogens with zero attached hydrogens (tertiary/aromatic N) is 1. The maximum absolute atomic E-state index is 11.7. The van der Waals surface area contributed by atoms with E-state index in [9.17, 15) is 14.4 Å². The van der Waals surface area contributed by atoms with Crippen molar-refractivity contribution in [3.05, 3.63) is 0 Å². The first kappa shape index (κ1) is 13.4. The van der Waals surface area contributed by atoms with Crippen molar-refractivity contribution in [2.75, 3.05) is 19.6 Å². The first-order chi connectivity index (χ1) is 7.99. The molecule has 1 heterocycles. The van der Waals surface area contributed by atoms with Crippen molar-refractivity contribution in [2.45, 2.75) is 25.3 Å². The van der Waals surface area contributed by atoms with Crippen molar-refractivity contribution in [3.8, 4) is 0 Å². The molecular formula is C10H16N2O5. The maximum atomic E-state index is 11.7. The number of aliphatic carboxylic acids is 2. The van der Waals surface area contributed by atoms with E-state index in [-0.39, 0.29) is 12.5 Å². The van der Waals surface area contributed by atoms with Gasteiger partial charge in [-0.15, -0.1) is 0 Å². The molecule has 3 N–H and O–H groups in total. The number of carboxylic acid groups (broad SMARTS) is 2. The summed E-state index contributed by atoms with van der Waals surface area (Å²) in [5.74, 6) is -2.85. The van der Waals surface area contributed by atoms with E-state index in [0.717, 1.165) is 24.3 Å².